The van der Waals surface area contributed by atoms with E-state index in [1.165, 1.54) is 19.3 Å². The molecule has 0 aromatic heterocycles. The smallest absolute Gasteiger partial charge is 0.163 e. The van der Waals surface area contributed by atoms with Crippen LogP contribution in [0.5, 0.6) is 0 Å². The van der Waals surface area contributed by atoms with E-state index in [0.717, 1.165) is 13.0 Å². The summed E-state index contributed by atoms with van der Waals surface area (Å²) in [6, 6.07) is 0. The highest BCUT2D eigenvalue weighted by Gasteiger charge is 2.28. The fraction of sp³-hybridized carbons (Fsp3) is 1.00. The average molecular weight is 172 g/mol. The lowest BCUT2D eigenvalue weighted by Crippen LogP contribution is -2.39. The van der Waals surface area contributed by atoms with Gasteiger partial charge in [-0.1, -0.05) is 19.8 Å². The number of rotatable bonds is 3. The molecule has 0 saturated carbocycles. The number of unbranched alkanes of at least 4 members (excludes halogenated alkanes) is 1. The summed E-state index contributed by atoms with van der Waals surface area (Å²) in [4.78, 5) is 0. The summed E-state index contributed by atoms with van der Waals surface area (Å²) < 4.78 is 11.2. The van der Waals surface area contributed by atoms with Gasteiger partial charge in [-0.3, -0.25) is 0 Å². The summed E-state index contributed by atoms with van der Waals surface area (Å²) >= 11 is 0. The van der Waals surface area contributed by atoms with Gasteiger partial charge in [0.1, 0.15) is 0 Å². The molecule has 1 rings (SSSR count). The van der Waals surface area contributed by atoms with E-state index in [1.807, 2.05) is 13.8 Å². The van der Waals surface area contributed by atoms with E-state index in [1.54, 1.807) is 0 Å². The normalized spacial score (nSPS) is 28.8. The van der Waals surface area contributed by atoms with Crippen LogP contribution in [0.25, 0.3) is 0 Å². The molecule has 1 atom stereocenters. The molecule has 0 aliphatic carbocycles. The van der Waals surface area contributed by atoms with E-state index in [0.29, 0.717) is 6.10 Å². The third-order valence-electron chi connectivity index (χ3n) is 2.22. The van der Waals surface area contributed by atoms with Crippen LogP contribution in [0, 0.1) is 0 Å². The quantitative estimate of drug-likeness (QED) is 0.651. The second-order valence-electron chi connectivity index (χ2n) is 3.92. The summed E-state index contributed by atoms with van der Waals surface area (Å²) in [7, 11) is 0. The van der Waals surface area contributed by atoms with E-state index in [2.05, 4.69) is 6.92 Å². The zero-order chi connectivity index (χ0) is 9.03. The molecule has 0 bridgehead atoms. The van der Waals surface area contributed by atoms with Gasteiger partial charge >= 0.3 is 0 Å². The molecule has 12 heavy (non-hydrogen) atoms. The highest BCUT2D eigenvalue weighted by atomic mass is 16.7. The van der Waals surface area contributed by atoms with E-state index in [9.17, 15) is 0 Å². The van der Waals surface area contributed by atoms with Crippen molar-refractivity contribution in [2.45, 2.75) is 58.3 Å². The first-order valence-electron chi connectivity index (χ1n) is 4.96. The van der Waals surface area contributed by atoms with Crippen molar-refractivity contribution in [1.29, 1.82) is 0 Å². The highest BCUT2D eigenvalue weighted by Crippen LogP contribution is 2.24. The predicted octanol–water partition coefficient (Wildman–Crippen LogP) is 2.72. The standard InChI is InChI=1S/C10H20O2/c1-4-5-6-9-7-8-11-10(2,3)12-9/h9H,4-8H2,1-3H3. The lowest BCUT2D eigenvalue weighted by atomic mass is 10.1. The number of ether oxygens (including phenoxy) is 2. The second-order valence-corrected chi connectivity index (χ2v) is 3.92. The average Bonchev–Trinajstić information content (AvgIpc) is 1.99. The van der Waals surface area contributed by atoms with Gasteiger partial charge in [0, 0.05) is 0 Å². The summed E-state index contributed by atoms with van der Waals surface area (Å²) in [6.07, 6.45) is 5.18. The van der Waals surface area contributed by atoms with Gasteiger partial charge in [-0.05, 0) is 26.7 Å². The molecule has 72 valence electrons. The van der Waals surface area contributed by atoms with Crippen molar-refractivity contribution in [3.63, 3.8) is 0 Å². The molecule has 1 heterocycles. The van der Waals surface area contributed by atoms with Crippen molar-refractivity contribution < 1.29 is 9.47 Å². The third-order valence-corrected chi connectivity index (χ3v) is 2.22. The maximum atomic E-state index is 5.75. The SMILES string of the molecule is CCCCC1CCOC(C)(C)O1. The molecule has 1 aliphatic rings. The van der Waals surface area contributed by atoms with E-state index >= 15 is 0 Å². The minimum absolute atomic E-state index is 0.351. The minimum atomic E-state index is -0.351. The van der Waals surface area contributed by atoms with Crippen LogP contribution in [-0.4, -0.2) is 18.5 Å². The highest BCUT2D eigenvalue weighted by molar-refractivity contribution is 4.68. The molecule has 1 aliphatic heterocycles. The van der Waals surface area contributed by atoms with E-state index < -0.39 is 0 Å². The molecule has 0 N–H and O–H groups in total. The Balaban J connectivity index is 2.26. The molecule has 2 nitrogen and oxygen atoms in total. The zero-order valence-corrected chi connectivity index (χ0v) is 8.43. The number of hydrogen-bond donors (Lipinski definition) is 0. The first kappa shape index (κ1) is 10.0. The van der Waals surface area contributed by atoms with Gasteiger partial charge in [0.15, 0.2) is 5.79 Å². The molecule has 0 spiro atoms. The van der Waals surface area contributed by atoms with Crippen LogP contribution < -0.4 is 0 Å². The van der Waals surface area contributed by atoms with Crippen molar-refractivity contribution in [2.24, 2.45) is 0 Å². The van der Waals surface area contributed by atoms with Crippen LogP contribution in [0.15, 0.2) is 0 Å². The lowest BCUT2D eigenvalue weighted by molar-refractivity contribution is -0.274. The van der Waals surface area contributed by atoms with Crippen LogP contribution in [-0.2, 0) is 9.47 Å². The van der Waals surface area contributed by atoms with Crippen molar-refractivity contribution in [3.8, 4) is 0 Å². The first-order chi connectivity index (χ1) is 5.64. The molecule has 1 unspecified atom stereocenters. The molecule has 0 amide bonds. The fourth-order valence-corrected chi connectivity index (χ4v) is 1.57. The Morgan fingerprint density at radius 3 is 2.75 bits per heavy atom. The van der Waals surface area contributed by atoms with Gasteiger partial charge in [-0.15, -0.1) is 0 Å². The van der Waals surface area contributed by atoms with Crippen LogP contribution in [0.4, 0.5) is 0 Å². The summed E-state index contributed by atoms with van der Waals surface area (Å²) in [5, 5.41) is 0. The Labute approximate surface area is 75.2 Å². The van der Waals surface area contributed by atoms with Gasteiger partial charge in [-0.25, -0.2) is 0 Å². The van der Waals surface area contributed by atoms with Gasteiger partial charge < -0.3 is 9.47 Å². The van der Waals surface area contributed by atoms with Crippen molar-refractivity contribution in [1.82, 2.24) is 0 Å². The van der Waals surface area contributed by atoms with Crippen LogP contribution in [0.1, 0.15) is 46.5 Å². The molecular weight excluding hydrogens is 152 g/mol. The second kappa shape index (κ2) is 4.24. The van der Waals surface area contributed by atoms with Gasteiger partial charge in [0.05, 0.1) is 12.7 Å². The largest absolute Gasteiger partial charge is 0.350 e. The third kappa shape index (κ3) is 3.11. The maximum Gasteiger partial charge on any atom is 0.163 e. The first-order valence-corrected chi connectivity index (χ1v) is 4.96. The van der Waals surface area contributed by atoms with Gasteiger partial charge in [0.25, 0.3) is 0 Å². The lowest BCUT2D eigenvalue weighted by Gasteiger charge is -2.36. The summed E-state index contributed by atoms with van der Waals surface area (Å²) in [5.41, 5.74) is 0. The molecule has 0 radical (unpaired) electrons. The molecule has 0 aromatic carbocycles. The Kier molecular flexibility index (Phi) is 3.53. The van der Waals surface area contributed by atoms with Crippen molar-refractivity contribution in [2.75, 3.05) is 6.61 Å². The van der Waals surface area contributed by atoms with Crippen molar-refractivity contribution in [3.05, 3.63) is 0 Å². The monoisotopic (exact) mass is 172 g/mol. The Bertz CT molecular complexity index is 132. The van der Waals surface area contributed by atoms with E-state index in [4.69, 9.17) is 9.47 Å². The molecule has 1 fully saturated rings. The number of hydrogen-bond acceptors (Lipinski definition) is 2. The molecule has 0 aromatic rings. The Morgan fingerprint density at radius 2 is 2.17 bits per heavy atom. The molecular formula is C10H20O2. The minimum Gasteiger partial charge on any atom is -0.350 e. The van der Waals surface area contributed by atoms with Gasteiger partial charge in [0.2, 0.25) is 0 Å². The fourth-order valence-electron chi connectivity index (χ4n) is 1.57. The van der Waals surface area contributed by atoms with Gasteiger partial charge in [-0.2, -0.15) is 0 Å². The summed E-state index contributed by atoms with van der Waals surface area (Å²) in [5.74, 6) is -0.351. The summed E-state index contributed by atoms with van der Waals surface area (Å²) in [6.45, 7) is 7.04. The van der Waals surface area contributed by atoms with E-state index in [-0.39, 0.29) is 5.79 Å². The van der Waals surface area contributed by atoms with Crippen molar-refractivity contribution >= 4 is 0 Å². The Hall–Kier alpha value is -0.0800. The van der Waals surface area contributed by atoms with Crippen LogP contribution in [0.3, 0.4) is 0 Å². The predicted molar refractivity (Wildman–Crippen MR) is 49.0 cm³/mol. The molecule has 1 saturated heterocycles. The Morgan fingerprint density at radius 1 is 1.42 bits per heavy atom. The van der Waals surface area contributed by atoms with Crippen LogP contribution >= 0.6 is 0 Å². The zero-order valence-electron chi connectivity index (χ0n) is 8.43. The molecule has 2 heteroatoms. The topological polar surface area (TPSA) is 18.5 Å². The van der Waals surface area contributed by atoms with Crippen LogP contribution in [0.2, 0.25) is 0 Å². The maximum absolute atomic E-state index is 5.75.